The van der Waals surface area contributed by atoms with Gasteiger partial charge in [-0.15, -0.1) is 0 Å². The van der Waals surface area contributed by atoms with Crippen molar-refractivity contribution in [1.29, 1.82) is 5.26 Å². The fourth-order valence-corrected chi connectivity index (χ4v) is 1.96. The molecule has 0 saturated heterocycles. The molecule has 3 nitrogen and oxygen atoms in total. The number of anilines is 1. The van der Waals surface area contributed by atoms with E-state index in [2.05, 4.69) is 49.3 Å². The van der Waals surface area contributed by atoms with Crippen LogP contribution in [0, 0.1) is 11.3 Å². The minimum absolute atomic E-state index is 0.104. The standard InChI is InChI=1S/C15H17N3/c1-15(2,3)10-5-6-13-12(7-10)14(17-4)8-11(9-16)18-13/h5-8H,1-4H3,(H,17,18). The number of pyridine rings is 1. The largest absolute Gasteiger partial charge is 0.387 e. The van der Waals surface area contributed by atoms with Gasteiger partial charge in [0, 0.05) is 18.1 Å². The van der Waals surface area contributed by atoms with Crippen molar-refractivity contribution in [1.82, 2.24) is 4.98 Å². The van der Waals surface area contributed by atoms with Gasteiger partial charge in [0.25, 0.3) is 0 Å². The molecule has 0 saturated carbocycles. The molecule has 0 unspecified atom stereocenters. The van der Waals surface area contributed by atoms with Crippen molar-refractivity contribution >= 4 is 16.6 Å². The molecule has 0 aliphatic heterocycles. The van der Waals surface area contributed by atoms with Gasteiger partial charge in [-0.2, -0.15) is 5.26 Å². The summed E-state index contributed by atoms with van der Waals surface area (Å²) < 4.78 is 0. The molecule has 3 heteroatoms. The molecule has 0 fully saturated rings. The zero-order valence-electron chi connectivity index (χ0n) is 11.2. The van der Waals surface area contributed by atoms with Crippen molar-refractivity contribution in [3.63, 3.8) is 0 Å². The Morgan fingerprint density at radius 3 is 2.50 bits per heavy atom. The summed E-state index contributed by atoms with van der Waals surface area (Å²) in [7, 11) is 1.86. The van der Waals surface area contributed by atoms with Crippen molar-refractivity contribution in [3.8, 4) is 6.07 Å². The van der Waals surface area contributed by atoms with Crippen LogP contribution >= 0.6 is 0 Å². The second-order valence-corrected chi connectivity index (χ2v) is 5.40. The van der Waals surface area contributed by atoms with Crippen LogP contribution in [-0.2, 0) is 5.41 Å². The summed E-state index contributed by atoms with van der Waals surface area (Å²) in [4.78, 5) is 4.32. The maximum absolute atomic E-state index is 8.96. The van der Waals surface area contributed by atoms with Crippen LogP contribution in [0.15, 0.2) is 24.3 Å². The van der Waals surface area contributed by atoms with Crippen molar-refractivity contribution in [2.24, 2.45) is 0 Å². The number of nitrogens with one attached hydrogen (secondary N) is 1. The highest BCUT2D eigenvalue weighted by Crippen LogP contribution is 2.29. The molecule has 1 aromatic heterocycles. The molecule has 0 atom stereocenters. The Morgan fingerprint density at radius 2 is 1.94 bits per heavy atom. The van der Waals surface area contributed by atoms with Crippen LogP contribution in [-0.4, -0.2) is 12.0 Å². The van der Waals surface area contributed by atoms with E-state index in [-0.39, 0.29) is 5.41 Å². The number of benzene rings is 1. The first-order chi connectivity index (χ1) is 8.45. The molecule has 0 amide bonds. The van der Waals surface area contributed by atoms with Crippen molar-refractivity contribution < 1.29 is 0 Å². The van der Waals surface area contributed by atoms with Gasteiger partial charge in [0.1, 0.15) is 11.8 Å². The van der Waals surface area contributed by atoms with Crippen LogP contribution in [0.4, 0.5) is 5.69 Å². The topological polar surface area (TPSA) is 48.7 Å². The molecule has 1 heterocycles. The Labute approximate surface area is 107 Å². The molecule has 0 aliphatic rings. The number of hydrogen-bond donors (Lipinski definition) is 1. The lowest BCUT2D eigenvalue weighted by atomic mass is 9.86. The normalized spacial score (nSPS) is 11.3. The SMILES string of the molecule is CNc1cc(C#N)nc2ccc(C(C)(C)C)cc12. The van der Waals surface area contributed by atoms with Gasteiger partial charge in [-0.05, 0) is 29.2 Å². The van der Waals surface area contributed by atoms with Crippen LogP contribution < -0.4 is 5.32 Å². The molecule has 1 N–H and O–H groups in total. The number of rotatable bonds is 1. The van der Waals surface area contributed by atoms with E-state index < -0.39 is 0 Å². The van der Waals surface area contributed by atoms with Gasteiger partial charge in [-0.1, -0.05) is 26.8 Å². The molecular formula is C15H17N3. The fourth-order valence-electron chi connectivity index (χ4n) is 1.96. The zero-order chi connectivity index (χ0) is 13.3. The Kier molecular flexibility index (Phi) is 2.96. The van der Waals surface area contributed by atoms with Crippen molar-refractivity contribution in [2.45, 2.75) is 26.2 Å². The lowest BCUT2D eigenvalue weighted by Gasteiger charge is -2.20. The van der Waals surface area contributed by atoms with Gasteiger partial charge in [0.2, 0.25) is 0 Å². The number of nitrogens with zero attached hydrogens (tertiary/aromatic N) is 2. The predicted molar refractivity (Wildman–Crippen MR) is 74.7 cm³/mol. The van der Waals surface area contributed by atoms with Gasteiger partial charge in [0.05, 0.1) is 5.52 Å². The molecule has 18 heavy (non-hydrogen) atoms. The Hall–Kier alpha value is -2.08. The molecule has 0 bridgehead atoms. The minimum Gasteiger partial charge on any atom is -0.387 e. The molecule has 0 spiro atoms. The quantitative estimate of drug-likeness (QED) is 0.829. The maximum atomic E-state index is 8.96. The van der Waals surface area contributed by atoms with E-state index in [1.165, 1.54) is 5.56 Å². The first-order valence-corrected chi connectivity index (χ1v) is 5.99. The number of nitriles is 1. The van der Waals surface area contributed by atoms with E-state index in [0.717, 1.165) is 16.6 Å². The summed E-state index contributed by atoms with van der Waals surface area (Å²) in [5.41, 5.74) is 3.61. The van der Waals surface area contributed by atoms with Gasteiger partial charge >= 0.3 is 0 Å². The average Bonchev–Trinajstić information content (AvgIpc) is 2.35. The highest BCUT2D eigenvalue weighted by atomic mass is 14.8. The van der Waals surface area contributed by atoms with Gasteiger partial charge in [0.15, 0.2) is 0 Å². The molecule has 2 aromatic rings. The van der Waals surface area contributed by atoms with Crippen LogP contribution in [0.3, 0.4) is 0 Å². The van der Waals surface area contributed by atoms with Gasteiger partial charge < -0.3 is 5.32 Å². The third-order valence-corrected chi connectivity index (χ3v) is 3.06. The third kappa shape index (κ3) is 2.14. The van der Waals surface area contributed by atoms with E-state index in [1.807, 2.05) is 13.1 Å². The monoisotopic (exact) mass is 239 g/mol. The summed E-state index contributed by atoms with van der Waals surface area (Å²) in [5, 5.41) is 13.2. The van der Waals surface area contributed by atoms with Crippen LogP contribution in [0.5, 0.6) is 0 Å². The van der Waals surface area contributed by atoms with Crippen molar-refractivity contribution in [3.05, 3.63) is 35.5 Å². The predicted octanol–water partition coefficient (Wildman–Crippen LogP) is 3.45. The second kappa shape index (κ2) is 4.30. The Morgan fingerprint density at radius 1 is 1.22 bits per heavy atom. The molecule has 1 aromatic carbocycles. The maximum Gasteiger partial charge on any atom is 0.143 e. The number of aromatic nitrogens is 1. The summed E-state index contributed by atoms with van der Waals surface area (Å²) in [5.74, 6) is 0. The van der Waals surface area contributed by atoms with E-state index in [0.29, 0.717) is 5.69 Å². The number of hydrogen-bond acceptors (Lipinski definition) is 3. The average molecular weight is 239 g/mol. The van der Waals surface area contributed by atoms with E-state index in [1.54, 1.807) is 6.07 Å². The lowest BCUT2D eigenvalue weighted by Crippen LogP contribution is -2.11. The smallest absolute Gasteiger partial charge is 0.143 e. The van der Waals surface area contributed by atoms with Gasteiger partial charge in [-0.3, -0.25) is 0 Å². The summed E-state index contributed by atoms with van der Waals surface area (Å²) >= 11 is 0. The highest BCUT2D eigenvalue weighted by molar-refractivity contribution is 5.92. The molecule has 0 aliphatic carbocycles. The fraction of sp³-hybridized carbons (Fsp3) is 0.333. The summed E-state index contributed by atoms with van der Waals surface area (Å²) in [6, 6.07) is 10.1. The molecule has 2 rings (SSSR count). The Balaban J connectivity index is 2.74. The summed E-state index contributed by atoms with van der Waals surface area (Å²) in [6.07, 6.45) is 0. The second-order valence-electron chi connectivity index (χ2n) is 5.40. The highest BCUT2D eigenvalue weighted by Gasteiger charge is 2.15. The zero-order valence-corrected chi connectivity index (χ0v) is 11.2. The first kappa shape index (κ1) is 12.4. The first-order valence-electron chi connectivity index (χ1n) is 5.99. The van der Waals surface area contributed by atoms with E-state index >= 15 is 0 Å². The molecule has 92 valence electrons. The summed E-state index contributed by atoms with van der Waals surface area (Å²) in [6.45, 7) is 6.55. The van der Waals surface area contributed by atoms with Crippen LogP contribution in [0.1, 0.15) is 32.0 Å². The lowest BCUT2D eigenvalue weighted by molar-refractivity contribution is 0.591. The van der Waals surface area contributed by atoms with Gasteiger partial charge in [-0.25, -0.2) is 4.98 Å². The van der Waals surface area contributed by atoms with Crippen LogP contribution in [0.2, 0.25) is 0 Å². The molecule has 0 radical (unpaired) electrons. The van der Waals surface area contributed by atoms with Crippen molar-refractivity contribution in [2.75, 3.05) is 12.4 Å². The van der Waals surface area contributed by atoms with E-state index in [4.69, 9.17) is 5.26 Å². The number of fused-ring (bicyclic) bond motifs is 1. The Bertz CT molecular complexity index is 630. The minimum atomic E-state index is 0.104. The molecular weight excluding hydrogens is 222 g/mol. The van der Waals surface area contributed by atoms with E-state index in [9.17, 15) is 0 Å². The third-order valence-electron chi connectivity index (χ3n) is 3.06. The van der Waals surface area contributed by atoms with Crippen LogP contribution in [0.25, 0.3) is 10.9 Å².